The van der Waals surface area contributed by atoms with Crippen molar-refractivity contribution in [2.75, 3.05) is 11.1 Å². The van der Waals surface area contributed by atoms with E-state index in [9.17, 15) is 14.7 Å². The number of carbonyl (C=O) groups is 1. The summed E-state index contributed by atoms with van der Waals surface area (Å²) in [5, 5.41) is 15.0. The third-order valence-electron chi connectivity index (χ3n) is 5.90. The van der Waals surface area contributed by atoms with Crippen LogP contribution in [0.25, 0.3) is 10.9 Å². The molecule has 190 valence electrons. The Labute approximate surface area is 216 Å². The molecule has 7 heteroatoms. The number of nitrogens with one attached hydrogen (secondary N) is 1. The molecular formula is C29H35N3O3S. The molecule has 36 heavy (non-hydrogen) atoms. The summed E-state index contributed by atoms with van der Waals surface area (Å²) in [4.78, 5) is 25.0. The van der Waals surface area contributed by atoms with Gasteiger partial charge in [-0.2, -0.15) is 0 Å². The Morgan fingerprint density at radius 1 is 1.06 bits per heavy atom. The molecule has 4 aromatic rings. The van der Waals surface area contributed by atoms with Crippen LogP contribution in [0.15, 0.2) is 59.4 Å². The number of ketones is 1. The average Bonchev–Trinajstić information content (AvgIpc) is 3.15. The molecule has 2 aromatic carbocycles. The Bertz CT molecular complexity index is 1440. The molecule has 0 atom stereocenters. The number of Topliss-reactive ketones (excluding diaryl/α,β-unsaturated/α-hetero) is 1. The number of nitrogens with two attached hydrogens (primary N) is 1. The standard InChI is InChI=1S/C16H20N2OS.C13H15NO2/c1-10(19)12-13(17)14(16(2,3)4)20-15(12)18-11-8-6-5-7-9-11;1-8(2)11-12(15)9-6-4-5-7-10(9)14(3)13(11)16/h5-9,18H,17H2,1-4H3;4-8,15H,1-3H3. The zero-order chi connectivity index (χ0) is 26.8. The normalized spacial score (nSPS) is 11.3. The summed E-state index contributed by atoms with van der Waals surface area (Å²) in [6, 6.07) is 17.2. The number of carbonyl (C=O) groups excluding carboxylic acids is 1. The molecule has 0 aliphatic rings. The van der Waals surface area contributed by atoms with Crippen molar-refractivity contribution >= 4 is 44.4 Å². The van der Waals surface area contributed by atoms with E-state index in [0.29, 0.717) is 16.8 Å². The zero-order valence-electron chi connectivity index (χ0n) is 22.0. The molecule has 0 bridgehead atoms. The summed E-state index contributed by atoms with van der Waals surface area (Å²) in [6.45, 7) is 11.7. The van der Waals surface area contributed by atoms with Crippen molar-refractivity contribution in [3.8, 4) is 5.75 Å². The second-order valence-electron chi connectivity index (χ2n) is 10.1. The quantitative estimate of drug-likeness (QED) is 0.261. The first-order valence-corrected chi connectivity index (χ1v) is 12.7. The fourth-order valence-corrected chi connectivity index (χ4v) is 5.36. The van der Waals surface area contributed by atoms with E-state index in [0.717, 1.165) is 26.5 Å². The Balaban J connectivity index is 0.000000205. The number of hydrogen-bond donors (Lipinski definition) is 3. The lowest BCUT2D eigenvalue weighted by Gasteiger charge is -2.17. The third kappa shape index (κ3) is 5.46. The first-order chi connectivity index (χ1) is 16.8. The Morgan fingerprint density at radius 2 is 1.64 bits per heavy atom. The van der Waals surface area contributed by atoms with Gasteiger partial charge in [-0.15, -0.1) is 11.3 Å². The summed E-state index contributed by atoms with van der Waals surface area (Å²) >= 11 is 1.56. The molecule has 2 aromatic heterocycles. The van der Waals surface area contributed by atoms with Gasteiger partial charge in [0.05, 0.1) is 22.3 Å². The summed E-state index contributed by atoms with van der Waals surface area (Å²) < 4.78 is 1.59. The van der Waals surface area contributed by atoms with Crippen molar-refractivity contribution in [2.45, 2.75) is 52.9 Å². The van der Waals surface area contributed by atoms with Gasteiger partial charge in [-0.1, -0.05) is 65.0 Å². The molecule has 4 N–H and O–H groups in total. The minimum atomic E-state index is -0.119. The lowest BCUT2D eigenvalue weighted by molar-refractivity contribution is 0.101. The highest BCUT2D eigenvalue weighted by Gasteiger charge is 2.26. The van der Waals surface area contributed by atoms with Crippen LogP contribution in [0.4, 0.5) is 16.4 Å². The number of anilines is 3. The smallest absolute Gasteiger partial charge is 0.257 e. The number of benzene rings is 2. The maximum atomic E-state index is 12.0. The number of rotatable bonds is 4. The summed E-state index contributed by atoms with van der Waals surface area (Å²) in [6.07, 6.45) is 0. The lowest BCUT2D eigenvalue weighted by Crippen LogP contribution is -2.22. The second kappa shape index (κ2) is 10.6. The van der Waals surface area contributed by atoms with Gasteiger partial charge in [-0.25, -0.2) is 0 Å². The van der Waals surface area contributed by atoms with Crippen molar-refractivity contribution < 1.29 is 9.90 Å². The number of aromatic hydroxyl groups is 1. The molecule has 0 saturated carbocycles. The molecule has 0 spiro atoms. The molecule has 0 aliphatic heterocycles. The fourth-order valence-electron chi connectivity index (χ4n) is 4.11. The highest BCUT2D eigenvalue weighted by Crippen LogP contribution is 2.43. The van der Waals surface area contributed by atoms with Gasteiger partial charge in [0.1, 0.15) is 10.8 Å². The second-order valence-corrected chi connectivity index (χ2v) is 11.2. The molecule has 0 radical (unpaired) electrons. The monoisotopic (exact) mass is 505 g/mol. The van der Waals surface area contributed by atoms with Crippen molar-refractivity contribution in [3.05, 3.63) is 81.0 Å². The van der Waals surface area contributed by atoms with Gasteiger partial charge in [0.25, 0.3) is 5.56 Å². The highest BCUT2D eigenvalue weighted by molar-refractivity contribution is 7.17. The molecular weight excluding hydrogens is 470 g/mol. The SMILES string of the molecule is CC(=O)c1c(Nc2ccccc2)sc(C(C)(C)C)c1N.CC(C)c1c(O)c2ccccc2n(C)c1=O. The van der Waals surface area contributed by atoms with Crippen molar-refractivity contribution in [1.29, 1.82) is 0 Å². The third-order valence-corrected chi connectivity index (χ3v) is 7.44. The van der Waals surface area contributed by atoms with E-state index in [1.54, 1.807) is 29.9 Å². The Kier molecular flexibility index (Phi) is 7.94. The highest BCUT2D eigenvalue weighted by atomic mass is 32.1. The van der Waals surface area contributed by atoms with Crippen LogP contribution in [-0.2, 0) is 12.5 Å². The van der Waals surface area contributed by atoms with Gasteiger partial charge < -0.3 is 20.7 Å². The number of pyridine rings is 1. The van der Waals surface area contributed by atoms with Crippen LogP contribution in [-0.4, -0.2) is 15.5 Å². The first kappa shape index (κ1) is 27.0. The van der Waals surface area contributed by atoms with Crippen molar-refractivity contribution in [3.63, 3.8) is 0 Å². The maximum absolute atomic E-state index is 12.0. The molecule has 0 unspecified atom stereocenters. The number of fused-ring (bicyclic) bond motifs is 1. The first-order valence-electron chi connectivity index (χ1n) is 11.9. The number of nitrogen functional groups attached to an aromatic ring is 1. The Hall–Kier alpha value is -3.58. The van der Waals surface area contributed by atoms with E-state index in [-0.39, 0.29) is 28.4 Å². The van der Waals surface area contributed by atoms with Crippen LogP contribution in [0.5, 0.6) is 5.75 Å². The molecule has 0 saturated heterocycles. The van der Waals surface area contributed by atoms with Gasteiger partial charge in [0.15, 0.2) is 5.78 Å². The number of aryl methyl sites for hydroxylation is 1. The van der Waals surface area contributed by atoms with Gasteiger partial charge in [-0.05, 0) is 42.5 Å². The number of nitrogens with zero attached hydrogens (tertiary/aromatic N) is 1. The predicted molar refractivity (Wildman–Crippen MR) is 152 cm³/mol. The van der Waals surface area contributed by atoms with Gasteiger partial charge in [0.2, 0.25) is 0 Å². The molecule has 6 nitrogen and oxygen atoms in total. The van der Waals surface area contributed by atoms with Crippen molar-refractivity contribution in [2.24, 2.45) is 7.05 Å². The van der Waals surface area contributed by atoms with Crippen LogP contribution in [0.2, 0.25) is 0 Å². The molecule has 0 fully saturated rings. The molecule has 0 aliphatic carbocycles. The van der Waals surface area contributed by atoms with Crippen LogP contribution in [0, 0.1) is 0 Å². The van der Waals surface area contributed by atoms with Gasteiger partial charge in [-0.3, -0.25) is 9.59 Å². The summed E-state index contributed by atoms with van der Waals surface area (Å²) in [5.74, 6) is 0.129. The largest absolute Gasteiger partial charge is 0.507 e. The van der Waals surface area contributed by atoms with Gasteiger partial charge in [0, 0.05) is 23.0 Å². The minimum absolute atomic E-state index is 0.00678. The fraction of sp³-hybridized carbons (Fsp3) is 0.310. The van der Waals surface area contributed by atoms with Gasteiger partial charge >= 0.3 is 0 Å². The topological polar surface area (TPSA) is 97.3 Å². The predicted octanol–water partition coefficient (Wildman–Crippen LogP) is 6.94. The molecule has 4 rings (SSSR count). The average molecular weight is 506 g/mol. The minimum Gasteiger partial charge on any atom is -0.507 e. The Morgan fingerprint density at radius 3 is 2.19 bits per heavy atom. The number of para-hydroxylation sites is 2. The van der Waals surface area contributed by atoms with E-state index in [2.05, 4.69) is 26.1 Å². The molecule has 0 amide bonds. The summed E-state index contributed by atoms with van der Waals surface area (Å²) in [5.41, 5.74) is 9.41. The van der Waals surface area contributed by atoms with E-state index in [1.807, 2.05) is 68.4 Å². The van der Waals surface area contributed by atoms with Crippen molar-refractivity contribution in [1.82, 2.24) is 4.57 Å². The maximum Gasteiger partial charge on any atom is 0.257 e. The molecule has 2 heterocycles. The van der Waals surface area contributed by atoms with Crippen LogP contribution in [0.1, 0.15) is 68.3 Å². The van der Waals surface area contributed by atoms with Crippen LogP contribution >= 0.6 is 11.3 Å². The number of hydrogen-bond acceptors (Lipinski definition) is 6. The van der Waals surface area contributed by atoms with Crippen LogP contribution < -0.4 is 16.6 Å². The van der Waals surface area contributed by atoms with E-state index < -0.39 is 0 Å². The number of aromatic nitrogens is 1. The zero-order valence-corrected chi connectivity index (χ0v) is 22.8. The van der Waals surface area contributed by atoms with E-state index >= 15 is 0 Å². The number of thiophene rings is 1. The van der Waals surface area contributed by atoms with E-state index in [4.69, 9.17) is 5.73 Å². The lowest BCUT2D eigenvalue weighted by atomic mass is 9.92. The van der Waals surface area contributed by atoms with Crippen LogP contribution in [0.3, 0.4) is 0 Å². The van der Waals surface area contributed by atoms with E-state index in [1.165, 1.54) is 0 Å². The summed E-state index contributed by atoms with van der Waals surface area (Å²) in [7, 11) is 1.73.